The molecule has 0 saturated heterocycles. The van der Waals surface area contributed by atoms with E-state index in [-0.39, 0.29) is 11.9 Å². The molecule has 0 spiro atoms. The van der Waals surface area contributed by atoms with E-state index in [0.29, 0.717) is 23.0 Å². The van der Waals surface area contributed by atoms with Gasteiger partial charge in [0.05, 0.1) is 48.2 Å². The Kier molecular flexibility index (Phi) is 6.91. The van der Waals surface area contributed by atoms with Crippen LogP contribution >= 0.6 is 22.9 Å². The van der Waals surface area contributed by atoms with Gasteiger partial charge >= 0.3 is 6.03 Å². The lowest BCUT2D eigenvalue weighted by molar-refractivity contribution is 0.183. The van der Waals surface area contributed by atoms with Gasteiger partial charge in [-0.05, 0) is 19.9 Å². The van der Waals surface area contributed by atoms with Crippen molar-refractivity contribution in [1.82, 2.24) is 15.0 Å². The smallest absolute Gasteiger partial charge is 0.323 e. The van der Waals surface area contributed by atoms with Crippen LogP contribution in [0.15, 0.2) is 18.5 Å². The zero-order valence-electron chi connectivity index (χ0n) is 17.3. The standard InChI is InChI=1S/C19H23ClN6O3S/c1-10(9-28-4)26(3)16-14(8-22-18-15(16)23-11(2)30-18)25-19(27)24-12-6-13(20)17(29-5)21-7-12/h6-8,10H,9H2,1-5H3,(H2,24,25,27). The first-order chi connectivity index (χ1) is 14.3. The molecule has 0 radical (unpaired) electrons. The van der Waals surface area contributed by atoms with Gasteiger partial charge in [0.1, 0.15) is 15.4 Å². The lowest BCUT2D eigenvalue weighted by Crippen LogP contribution is -2.34. The van der Waals surface area contributed by atoms with Crippen molar-refractivity contribution in [3.63, 3.8) is 0 Å². The number of fused-ring (bicyclic) bond motifs is 1. The van der Waals surface area contributed by atoms with Crippen molar-refractivity contribution in [3.05, 3.63) is 28.5 Å². The summed E-state index contributed by atoms with van der Waals surface area (Å²) in [4.78, 5) is 28.6. The lowest BCUT2D eigenvalue weighted by atomic mass is 10.2. The number of aromatic nitrogens is 3. The monoisotopic (exact) mass is 450 g/mol. The molecule has 1 atom stereocenters. The number of nitrogens with zero attached hydrogens (tertiary/aromatic N) is 4. The van der Waals surface area contributed by atoms with Gasteiger partial charge in [0.25, 0.3) is 0 Å². The van der Waals surface area contributed by atoms with Crippen LogP contribution in [-0.2, 0) is 4.74 Å². The van der Waals surface area contributed by atoms with Crippen molar-refractivity contribution in [2.45, 2.75) is 19.9 Å². The Morgan fingerprint density at radius 1 is 1.30 bits per heavy atom. The number of carbonyl (C=O) groups excluding carboxylic acids is 1. The van der Waals surface area contributed by atoms with Gasteiger partial charge in [0, 0.05) is 20.2 Å². The van der Waals surface area contributed by atoms with Gasteiger partial charge in [0.2, 0.25) is 5.88 Å². The van der Waals surface area contributed by atoms with Gasteiger partial charge in [-0.25, -0.2) is 19.7 Å². The van der Waals surface area contributed by atoms with E-state index in [0.717, 1.165) is 21.0 Å². The summed E-state index contributed by atoms with van der Waals surface area (Å²) in [5.41, 5.74) is 2.47. The number of hydrogen-bond donors (Lipinski definition) is 2. The van der Waals surface area contributed by atoms with E-state index in [1.807, 2.05) is 25.8 Å². The number of anilines is 3. The molecule has 0 aromatic carbocycles. The summed E-state index contributed by atoms with van der Waals surface area (Å²) in [6.07, 6.45) is 3.09. The van der Waals surface area contributed by atoms with E-state index in [1.165, 1.54) is 24.6 Å². The van der Waals surface area contributed by atoms with Crippen LogP contribution in [0.2, 0.25) is 5.02 Å². The molecule has 1 unspecified atom stereocenters. The molecule has 0 bridgehead atoms. The molecule has 0 aliphatic heterocycles. The molecular formula is C19H23ClN6O3S. The SMILES string of the molecule is COCC(C)N(C)c1c(NC(=O)Nc2cnc(OC)c(Cl)c2)cnc2sc(C)nc12. The maximum atomic E-state index is 12.6. The van der Waals surface area contributed by atoms with Crippen molar-refractivity contribution >= 4 is 56.4 Å². The molecule has 9 nitrogen and oxygen atoms in total. The number of aryl methyl sites for hydroxylation is 1. The van der Waals surface area contributed by atoms with Gasteiger partial charge in [-0.3, -0.25) is 0 Å². The van der Waals surface area contributed by atoms with E-state index >= 15 is 0 Å². The third kappa shape index (κ3) is 4.72. The second-order valence-corrected chi connectivity index (χ2v) is 8.21. The summed E-state index contributed by atoms with van der Waals surface area (Å²) < 4.78 is 10.3. The first-order valence-corrected chi connectivity index (χ1v) is 10.3. The number of amides is 2. The number of methoxy groups -OCH3 is 2. The summed E-state index contributed by atoms with van der Waals surface area (Å²) in [6, 6.07) is 1.15. The minimum atomic E-state index is -0.458. The van der Waals surface area contributed by atoms with Gasteiger partial charge in [-0.15, -0.1) is 0 Å². The largest absolute Gasteiger partial charge is 0.480 e. The Hall–Kier alpha value is -2.69. The highest BCUT2D eigenvalue weighted by molar-refractivity contribution is 7.18. The fourth-order valence-electron chi connectivity index (χ4n) is 2.92. The van der Waals surface area contributed by atoms with Gasteiger partial charge in [-0.2, -0.15) is 0 Å². The molecule has 3 rings (SSSR count). The number of urea groups is 1. The molecule has 0 saturated carbocycles. The maximum Gasteiger partial charge on any atom is 0.323 e. The Bertz CT molecular complexity index is 1060. The van der Waals surface area contributed by atoms with Crippen molar-refractivity contribution in [3.8, 4) is 5.88 Å². The van der Waals surface area contributed by atoms with Crippen LogP contribution < -0.4 is 20.3 Å². The summed E-state index contributed by atoms with van der Waals surface area (Å²) in [7, 11) is 5.06. The van der Waals surface area contributed by atoms with E-state index in [1.54, 1.807) is 19.4 Å². The molecule has 3 aromatic rings. The minimum Gasteiger partial charge on any atom is -0.480 e. The molecule has 160 valence electrons. The normalized spacial score (nSPS) is 11.9. The number of likely N-dealkylation sites (N-methyl/N-ethyl adjacent to an activating group) is 1. The Balaban J connectivity index is 1.90. The van der Waals surface area contributed by atoms with Gasteiger partial charge in [-0.1, -0.05) is 22.9 Å². The summed E-state index contributed by atoms with van der Waals surface area (Å²) in [5, 5.41) is 6.76. The van der Waals surface area contributed by atoms with E-state index in [4.69, 9.17) is 21.1 Å². The van der Waals surface area contributed by atoms with Gasteiger partial charge in [0.15, 0.2) is 0 Å². The lowest BCUT2D eigenvalue weighted by Gasteiger charge is -2.28. The number of pyridine rings is 2. The Morgan fingerprint density at radius 2 is 2.07 bits per heavy atom. The molecule has 2 N–H and O–H groups in total. The van der Waals surface area contributed by atoms with Crippen LogP contribution in [0.3, 0.4) is 0 Å². The molecule has 0 aliphatic rings. The van der Waals surface area contributed by atoms with Crippen LogP contribution in [0.25, 0.3) is 10.3 Å². The number of carbonyl (C=O) groups is 1. The zero-order chi connectivity index (χ0) is 21.8. The maximum absolute atomic E-state index is 12.6. The Morgan fingerprint density at radius 3 is 2.73 bits per heavy atom. The Labute approximate surface area is 183 Å². The highest BCUT2D eigenvalue weighted by atomic mass is 35.5. The fourth-order valence-corrected chi connectivity index (χ4v) is 3.93. The topological polar surface area (TPSA) is 102 Å². The average molecular weight is 451 g/mol. The number of ether oxygens (including phenoxy) is 2. The van der Waals surface area contributed by atoms with Crippen LogP contribution in [-0.4, -0.2) is 54.9 Å². The number of halogens is 1. The second-order valence-electron chi connectivity index (χ2n) is 6.62. The number of nitrogens with one attached hydrogen (secondary N) is 2. The van der Waals surface area contributed by atoms with Crippen molar-refractivity contribution < 1.29 is 14.3 Å². The van der Waals surface area contributed by atoms with E-state index in [9.17, 15) is 4.79 Å². The van der Waals surface area contributed by atoms with Crippen molar-refractivity contribution in [2.24, 2.45) is 0 Å². The van der Waals surface area contributed by atoms with Crippen LogP contribution in [0, 0.1) is 6.92 Å². The first-order valence-electron chi connectivity index (χ1n) is 9.09. The summed E-state index contributed by atoms with van der Waals surface area (Å²) in [5.74, 6) is 0.284. The van der Waals surface area contributed by atoms with Crippen molar-refractivity contribution in [2.75, 3.05) is 43.4 Å². The number of rotatable bonds is 7. The third-order valence-electron chi connectivity index (χ3n) is 4.44. The number of hydrogen-bond acceptors (Lipinski definition) is 8. The highest BCUT2D eigenvalue weighted by Crippen LogP contribution is 2.36. The molecule has 3 heterocycles. The molecule has 0 fully saturated rings. The van der Waals surface area contributed by atoms with Crippen LogP contribution in [0.5, 0.6) is 5.88 Å². The van der Waals surface area contributed by atoms with Crippen LogP contribution in [0.4, 0.5) is 21.9 Å². The second kappa shape index (κ2) is 9.41. The predicted molar refractivity (Wildman–Crippen MR) is 120 cm³/mol. The van der Waals surface area contributed by atoms with Crippen molar-refractivity contribution in [1.29, 1.82) is 0 Å². The van der Waals surface area contributed by atoms with E-state index in [2.05, 4.69) is 25.6 Å². The molecule has 3 aromatic heterocycles. The average Bonchev–Trinajstić information content (AvgIpc) is 3.07. The summed E-state index contributed by atoms with van der Waals surface area (Å²) in [6.45, 7) is 4.48. The van der Waals surface area contributed by atoms with Gasteiger partial charge < -0.3 is 25.0 Å². The molecule has 0 aliphatic carbocycles. The molecular weight excluding hydrogens is 428 g/mol. The first kappa shape index (κ1) is 22.0. The summed E-state index contributed by atoms with van der Waals surface area (Å²) >= 11 is 7.58. The minimum absolute atomic E-state index is 0.0517. The van der Waals surface area contributed by atoms with Crippen LogP contribution in [0.1, 0.15) is 11.9 Å². The van der Waals surface area contributed by atoms with E-state index < -0.39 is 6.03 Å². The molecule has 30 heavy (non-hydrogen) atoms. The highest BCUT2D eigenvalue weighted by Gasteiger charge is 2.21. The quantitative estimate of drug-likeness (QED) is 0.556. The zero-order valence-corrected chi connectivity index (χ0v) is 18.9. The fraction of sp³-hybridized carbons (Fsp3) is 0.368. The third-order valence-corrected chi connectivity index (χ3v) is 5.58. The number of thiazole rings is 1. The molecule has 11 heteroatoms. The predicted octanol–water partition coefficient (Wildman–Crippen LogP) is 4.17. The molecule has 2 amide bonds.